The Morgan fingerprint density at radius 3 is 2.94 bits per heavy atom. The predicted octanol–water partition coefficient (Wildman–Crippen LogP) is 1.42. The SMILES string of the molecule is CCNCCc1nnc(-c2ccc(F)cn2)o1. The van der Waals surface area contributed by atoms with E-state index >= 15 is 0 Å². The largest absolute Gasteiger partial charge is 0.419 e. The number of hydrogen-bond donors (Lipinski definition) is 1. The molecule has 2 rings (SSSR count). The van der Waals surface area contributed by atoms with Gasteiger partial charge in [0.25, 0.3) is 5.89 Å². The van der Waals surface area contributed by atoms with E-state index < -0.39 is 0 Å². The molecule has 5 nitrogen and oxygen atoms in total. The van der Waals surface area contributed by atoms with E-state index in [4.69, 9.17) is 4.42 Å². The van der Waals surface area contributed by atoms with E-state index in [9.17, 15) is 4.39 Å². The van der Waals surface area contributed by atoms with Crippen molar-refractivity contribution in [2.45, 2.75) is 13.3 Å². The Morgan fingerprint density at radius 2 is 2.24 bits per heavy atom. The van der Waals surface area contributed by atoms with E-state index in [1.165, 1.54) is 12.1 Å². The molecule has 90 valence electrons. The van der Waals surface area contributed by atoms with E-state index in [1.807, 2.05) is 6.92 Å². The molecule has 2 aromatic rings. The zero-order chi connectivity index (χ0) is 12.1. The third-order valence-electron chi connectivity index (χ3n) is 2.18. The van der Waals surface area contributed by atoms with Crippen molar-refractivity contribution in [1.82, 2.24) is 20.5 Å². The Bertz CT molecular complexity index is 469. The summed E-state index contributed by atoms with van der Waals surface area (Å²) in [6.45, 7) is 3.72. The second kappa shape index (κ2) is 5.49. The maximum atomic E-state index is 12.7. The maximum Gasteiger partial charge on any atom is 0.266 e. The van der Waals surface area contributed by atoms with Gasteiger partial charge < -0.3 is 9.73 Å². The van der Waals surface area contributed by atoms with E-state index in [0.29, 0.717) is 23.9 Å². The summed E-state index contributed by atoms with van der Waals surface area (Å²) in [6.07, 6.45) is 1.79. The van der Waals surface area contributed by atoms with Crippen molar-refractivity contribution in [3.05, 3.63) is 30.0 Å². The fourth-order valence-corrected chi connectivity index (χ4v) is 1.33. The lowest BCUT2D eigenvalue weighted by Gasteiger charge is -1.96. The Hall–Kier alpha value is -1.82. The summed E-state index contributed by atoms with van der Waals surface area (Å²) in [5.74, 6) is 0.476. The maximum absolute atomic E-state index is 12.7. The molecule has 2 heterocycles. The van der Waals surface area contributed by atoms with Crippen LogP contribution in [0.2, 0.25) is 0 Å². The topological polar surface area (TPSA) is 63.8 Å². The number of hydrogen-bond acceptors (Lipinski definition) is 5. The summed E-state index contributed by atoms with van der Waals surface area (Å²) >= 11 is 0. The van der Waals surface area contributed by atoms with Crippen molar-refractivity contribution in [2.24, 2.45) is 0 Å². The highest BCUT2D eigenvalue weighted by atomic mass is 19.1. The zero-order valence-corrected chi connectivity index (χ0v) is 9.48. The third-order valence-corrected chi connectivity index (χ3v) is 2.18. The molecule has 0 spiro atoms. The first-order valence-electron chi connectivity index (χ1n) is 5.44. The number of pyridine rings is 1. The molecular formula is C11H13FN4O. The van der Waals surface area contributed by atoms with Crippen molar-refractivity contribution in [3.8, 4) is 11.6 Å². The van der Waals surface area contributed by atoms with Gasteiger partial charge in [-0.15, -0.1) is 10.2 Å². The minimum atomic E-state index is -0.388. The summed E-state index contributed by atoms with van der Waals surface area (Å²) in [4.78, 5) is 3.87. The molecule has 2 aromatic heterocycles. The summed E-state index contributed by atoms with van der Waals surface area (Å²) < 4.78 is 18.1. The summed E-state index contributed by atoms with van der Waals surface area (Å²) in [6, 6.07) is 2.82. The number of nitrogens with one attached hydrogen (secondary N) is 1. The van der Waals surface area contributed by atoms with Gasteiger partial charge in [-0.3, -0.25) is 0 Å². The molecule has 1 N–H and O–H groups in total. The van der Waals surface area contributed by atoms with Crippen LogP contribution in [0.15, 0.2) is 22.7 Å². The van der Waals surface area contributed by atoms with E-state index in [-0.39, 0.29) is 5.82 Å². The first-order chi connectivity index (χ1) is 8.29. The highest BCUT2D eigenvalue weighted by molar-refractivity contribution is 5.45. The molecule has 0 atom stereocenters. The lowest BCUT2D eigenvalue weighted by molar-refractivity contribution is 0.495. The predicted molar refractivity (Wildman–Crippen MR) is 59.7 cm³/mol. The normalized spacial score (nSPS) is 10.7. The van der Waals surface area contributed by atoms with Crippen molar-refractivity contribution >= 4 is 0 Å². The highest BCUT2D eigenvalue weighted by Gasteiger charge is 2.09. The monoisotopic (exact) mass is 236 g/mol. The van der Waals surface area contributed by atoms with Crippen LogP contribution < -0.4 is 5.32 Å². The molecule has 0 aliphatic heterocycles. The zero-order valence-electron chi connectivity index (χ0n) is 9.48. The van der Waals surface area contributed by atoms with Gasteiger partial charge >= 0.3 is 0 Å². The lowest BCUT2D eigenvalue weighted by Crippen LogP contribution is -2.16. The molecule has 0 aromatic carbocycles. The molecule has 0 bridgehead atoms. The molecule has 17 heavy (non-hydrogen) atoms. The molecule has 0 unspecified atom stereocenters. The van der Waals surface area contributed by atoms with Crippen LogP contribution in [-0.2, 0) is 6.42 Å². The highest BCUT2D eigenvalue weighted by Crippen LogP contribution is 2.15. The number of rotatable bonds is 5. The fourth-order valence-electron chi connectivity index (χ4n) is 1.33. The molecule has 0 fully saturated rings. The van der Waals surface area contributed by atoms with Crippen LogP contribution in [0.3, 0.4) is 0 Å². The second-order valence-electron chi connectivity index (χ2n) is 3.47. The number of aromatic nitrogens is 3. The van der Waals surface area contributed by atoms with Gasteiger partial charge in [-0.1, -0.05) is 6.92 Å². The van der Waals surface area contributed by atoms with Crippen molar-refractivity contribution < 1.29 is 8.81 Å². The Morgan fingerprint density at radius 1 is 1.35 bits per heavy atom. The van der Waals surface area contributed by atoms with Gasteiger partial charge in [0, 0.05) is 13.0 Å². The van der Waals surface area contributed by atoms with Gasteiger partial charge in [0.15, 0.2) is 0 Å². The summed E-state index contributed by atoms with van der Waals surface area (Å²) in [7, 11) is 0. The third kappa shape index (κ3) is 3.07. The van der Waals surface area contributed by atoms with Gasteiger partial charge in [0.1, 0.15) is 11.5 Å². The molecule has 0 amide bonds. The van der Waals surface area contributed by atoms with Crippen LogP contribution in [0, 0.1) is 5.82 Å². The molecule has 0 aliphatic carbocycles. The lowest BCUT2D eigenvalue weighted by atomic mass is 10.3. The summed E-state index contributed by atoms with van der Waals surface area (Å²) in [5, 5.41) is 10.9. The Balaban J connectivity index is 2.04. The van der Waals surface area contributed by atoms with Crippen LogP contribution in [0.1, 0.15) is 12.8 Å². The van der Waals surface area contributed by atoms with Gasteiger partial charge in [0.2, 0.25) is 5.89 Å². The average molecular weight is 236 g/mol. The standard InChI is InChI=1S/C11H13FN4O/c1-2-13-6-5-10-15-16-11(17-10)9-4-3-8(12)7-14-9/h3-4,7,13H,2,5-6H2,1H3. The Kier molecular flexibility index (Phi) is 3.77. The number of halogens is 1. The number of nitrogens with zero attached hydrogens (tertiary/aromatic N) is 3. The first kappa shape index (κ1) is 11.7. The van der Waals surface area contributed by atoms with E-state index in [2.05, 4.69) is 20.5 Å². The Labute approximate surface area is 98.1 Å². The molecule has 0 saturated heterocycles. The minimum Gasteiger partial charge on any atom is -0.419 e. The average Bonchev–Trinajstić information content (AvgIpc) is 2.79. The van der Waals surface area contributed by atoms with Gasteiger partial charge in [0.05, 0.1) is 6.20 Å². The number of likely N-dealkylation sites (N-methyl/N-ethyl adjacent to an activating group) is 1. The van der Waals surface area contributed by atoms with Gasteiger partial charge in [-0.05, 0) is 18.7 Å². The quantitative estimate of drug-likeness (QED) is 0.795. The van der Waals surface area contributed by atoms with Crippen LogP contribution in [0.4, 0.5) is 4.39 Å². The van der Waals surface area contributed by atoms with Gasteiger partial charge in [-0.2, -0.15) is 0 Å². The first-order valence-corrected chi connectivity index (χ1v) is 5.44. The molecule has 0 saturated carbocycles. The van der Waals surface area contributed by atoms with E-state index in [0.717, 1.165) is 19.3 Å². The van der Waals surface area contributed by atoms with Crippen molar-refractivity contribution in [1.29, 1.82) is 0 Å². The van der Waals surface area contributed by atoms with Crippen LogP contribution in [-0.4, -0.2) is 28.3 Å². The molecule has 6 heteroatoms. The van der Waals surface area contributed by atoms with Crippen LogP contribution in [0.5, 0.6) is 0 Å². The van der Waals surface area contributed by atoms with Crippen molar-refractivity contribution in [3.63, 3.8) is 0 Å². The van der Waals surface area contributed by atoms with Crippen LogP contribution in [0.25, 0.3) is 11.6 Å². The second-order valence-corrected chi connectivity index (χ2v) is 3.47. The smallest absolute Gasteiger partial charge is 0.266 e. The van der Waals surface area contributed by atoms with E-state index in [1.54, 1.807) is 0 Å². The fraction of sp³-hybridized carbons (Fsp3) is 0.364. The minimum absolute atomic E-state index is 0.316. The van der Waals surface area contributed by atoms with Crippen molar-refractivity contribution in [2.75, 3.05) is 13.1 Å². The molecular weight excluding hydrogens is 223 g/mol. The summed E-state index contributed by atoms with van der Waals surface area (Å²) in [5.41, 5.74) is 0.480. The van der Waals surface area contributed by atoms with Gasteiger partial charge in [-0.25, -0.2) is 9.37 Å². The molecule has 0 radical (unpaired) electrons. The molecule has 0 aliphatic rings. The van der Waals surface area contributed by atoms with Crippen LogP contribution >= 0.6 is 0 Å².